The van der Waals surface area contributed by atoms with E-state index < -0.39 is 0 Å². The summed E-state index contributed by atoms with van der Waals surface area (Å²) < 4.78 is 2.10. The largest absolute Gasteiger partial charge is 0.354 e. The van der Waals surface area contributed by atoms with Crippen molar-refractivity contribution in [2.75, 3.05) is 13.1 Å². The highest BCUT2D eigenvalue weighted by atomic mass is 15.0. The molecule has 0 spiro atoms. The van der Waals surface area contributed by atoms with Crippen LogP contribution < -0.4 is 5.32 Å². The van der Waals surface area contributed by atoms with Crippen LogP contribution in [0.25, 0.3) is 0 Å². The summed E-state index contributed by atoms with van der Waals surface area (Å²) >= 11 is 0. The molecule has 3 nitrogen and oxygen atoms in total. The first-order chi connectivity index (χ1) is 6.33. The van der Waals surface area contributed by atoms with Gasteiger partial charge in [-0.25, -0.2) is 0 Å². The summed E-state index contributed by atoms with van der Waals surface area (Å²) in [6.07, 6.45) is 2.03. The van der Waals surface area contributed by atoms with Crippen LogP contribution in [0.3, 0.4) is 0 Å². The minimum atomic E-state index is 0.133. The Morgan fingerprint density at radius 1 is 1.62 bits per heavy atom. The molecule has 68 valence electrons. The number of nitriles is 1. The van der Waals surface area contributed by atoms with Crippen molar-refractivity contribution in [2.45, 2.75) is 5.92 Å². The van der Waals surface area contributed by atoms with E-state index in [0.29, 0.717) is 5.92 Å². The average Bonchev–Trinajstić information content (AvgIpc) is 2.71. The van der Waals surface area contributed by atoms with E-state index >= 15 is 0 Å². The van der Waals surface area contributed by atoms with E-state index in [1.807, 2.05) is 19.3 Å². The van der Waals surface area contributed by atoms with Gasteiger partial charge in [0.15, 0.2) is 0 Å². The minimum Gasteiger partial charge on any atom is -0.354 e. The van der Waals surface area contributed by atoms with Crippen LogP contribution in [0.1, 0.15) is 11.6 Å². The van der Waals surface area contributed by atoms with Crippen molar-refractivity contribution in [2.24, 2.45) is 13.0 Å². The maximum absolute atomic E-state index is 8.93. The highest BCUT2D eigenvalue weighted by molar-refractivity contribution is 5.19. The maximum atomic E-state index is 8.93. The first-order valence-electron chi connectivity index (χ1n) is 4.54. The van der Waals surface area contributed by atoms with Crippen molar-refractivity contribution in [1.29, 1.82) is 5.26 Å². The fourth-order valence-electron chi connectivity index (χ4n) is 1.98. The second-order valence-electron chi connectivity index (χ2n) is 3.54. The molecule has 1 N–H and O–H groups in total. The average molecular weight is 175 g/mol. The van der Waals surface area contributed by atoms with E-state index in [-0.39, 0.29) is 5.92 Å². The molecule has 1 aliphatic rings. The Hall–Kier alpha value is -1.27. The van der Waals surface area contributed by atoms with Gasteiger partial charge in [-0.1, -0.05) is 0 Å². The molecular weight excluding hydrogens is 162 g/mol. The summed E-state index contributed by atoms with van der Waals surface area (Å²) in [5.74, 6) is 0.499. The molecule has 0 aliphatic carbocycles. The van der Waals surface area contributed by atoms with Gasteiger partial charge in [0.2, 0.25) is 0 Å². The van der Waals surface area contributed by atoms with Gasteiger partial charge in [0.05, 0.1) is 12.0 Å². The van der Waals surface area contributed by atoms with Crippen molar-refractivity contribution in [1.82, 2.24) is 9.88 Å². The third kappa shape index (κ3) is 1.34. The van der Waals surface area contributed by atoms with Gasteiger partial charge in [0, 0.05) is 37.9 Å². The van der Waals surface area contributed by atoms with E-state index in [1.165, 1.54) is 5.69 Å². The van der Waals surface area contributed by atoms with Gasteiger partial charge < -0.3 is 9.88 Å². The fraction of sp³-hybridized carbons (Fsp3) is 0.500. The highest BCUT2D eigenvalue weighted by Gasteiger charge is 2.29. The van der Waals surface area contributed by atoms with E-state index in [1.54, 1.807) is 0 Å². The Balaban J connectivity index is 2.27. The molecule has 0 aromatic carbocycles. The zero-order valence-corrected chi connectivity index (χ0v) is 7.70. The van der Waals surface area contributed by atoms with E-state index in [4.69, 9.17) is 5.26 Å². The van der Waals surface area contributed by atoms with Gasteiger partial charge in [0.1, 0.15) is 0 Å². The molecule has 1 aliphatic heterocycles. The van der Waals surface area contributed by atoms with Gasteiger partial charge in [-0.15, -0.1) is 0 Å². The summed E-state index contributed by atoms with van der Waals surface area (Å²) in [6, 6.07) is 6.48. The first-order valence-corrected chi connectivity index (χ1v) is 4.54. The van der Waals surface area contributed by atoms with Crippen LogP contribution in [0.2, 0.25) is 0 Å². The molecule has 1 fully saturated rings. The molecule has 1 aromatic heterocycles. The predicted molar refractivity (Wildman–Crippen MR) is 50.1 cm³/mol. The Bertz CT molecular complexity index is 334. The maximum Gasteiger partial charge on any atom is 0.0683 e. The Morgan fingerprint density at radius 2 is 2.46 bits per heavy atom. The lowest BCUT2D eigenvalue weighted by molar-refractivity contribution is 0.603. The van der Waals surface area contributed by atoms with Crippen LogP contribution in [-0.4, -0.2) is 17.7 Å². The summed E-state index contributed by atoms with van der Waals surface area (Å²) in [6.45, 7) is 1.75. The summed E-state index contributed by atoms with van der Waals surface area (Å²) in [7, 11) is 2.03. The van der Waals surface area contributed by atoms with Gasteiger partial charge in [-0.05, 0) is 12.1 Å². The number of hydrogen-bond donors (Lipinski definition) is 1. The molecule has 0 unspecified atom stereocenters. The number of nitrogens with zero attached hydrogens (tertiary/aromatic N) is 2. The molecule has 2 atom stereocenters. The summed E-state index contributed by atoms with van der Waals surface area (Å²) in [4.78, 5) is 0. The molecule has 3 heteroatoms. The molecule has 13 heavy (non-hydrogen) atoms. The predicted octanol–water partition coefficient (Wildman–Crippen LogP) is 0.852. The van der Waals surface area contributed by atoms with Crippen LogP contribution in [0.4, 0.5) is 0 Å². The van der Waals surface area contributed by atoms with Crippen molar-refractivity contribution < 1.29 is 0 Å². The fourth-order valence-corrected chi connectivity index (χ4v) is 1.98. The molecule has 2 heterocycles. The van der Waals surface area contributed by atoms with Gasteiger partial charge >= 0.3 is 0 Å². The van der Waals surface area contributed by atoms with Crippen LogP contribution in [-0.2, 0) is 7.05 Å². The standard InChI is InChI=1S/C10H13N3/c1-13-4-2-3-10(13)9-7-12-6-8(9)5-11/h2-4,8-9,12H,6-7H2,1H3/t8-,9-/m0/s1. The van der Waals surface area contributed by atoms with E-state index in [9.17, 15) is 0 Å². The second kappa shape index (κ2) is 3.23. The normalized spacial score (nSPS) is 27.4. The third-order valence-corrected chi connectivity index (χ3v) is 2.74. The van der Waals surface area contributed by atoms with Crippen molar-refractivity contribution in [3.8, 4) is 6.07 Å². The lowest BCUT2D eigenvalue weighted by atomic mass is 9.94. The van der Waals surface area contributed by atoms with Crippen molar-refractivity contribution in [3.05, 3.63) is 24.0 Å². The van der Waals surface area contributed by atoms with Crippen LogP contribution in [0.5, 0.6) is 0 Å². The molecule has 1 saturated heterocycles. The lowest BCUT2D eigenvalue weighted by Gasteiger charge is -2.13. The highest BCUT2D eigenvalue weighted by Crippen LogP contribution is 2.27. The number of rotatable bonds is 1. The first kappa shape index (κ1) is 8.33. The van der Waals surface area contributed by atoms with Crippen LogP contribution in [0, 0.1) is 17.2 Å². The number of hydrogen-bond acceptors (Lipinski definition) is 2. The van der Waals surface area contributed by atoms with E-state index in [0.717, 1.165) is 13.1 Å². The molecular formula is C10H13N3. The van der Waals surface area contributed by atoms with Gasteiger partial charge in [-0.2, -0.15) is 5.26 Å². The number of aryl methyl sites for hydroxylation is 1. The summed E-state index contributed by atoms with van der Waals surface area (Å²) in [5, 5.41) is 12.2. The SMILES string of the molecule is Cn1cccc1[C@H]1CNC[C@@H]1C#N. The third-order valence-electron chi connectivity index (χ3n) is 2.74. The smallest absolute Gasteiger partial charge is 0.0683 e. The number of aromatic nitrogens is 1. The van der Waals surface area contributed by atoms with E-state index in [2.05, 4.69) is 22.0 Å². The van der Waals surface area contributed by atoms with Crippen LogP contribution >= 0.6 is 0 Å². The quantitative estimate of drug-likeness (QED) is 0.687. The van der Waals surface area contributed by atoms with Gasteiger partial charge in [-0.3, -0.25) is 0 Å². The molecule has 0 bridgehead atoms. The zero-order valence-electron chi connectivity index (χ0n) is 7.70. The minimum absolute atomic E-state index is 0.133. The summed E-state index contributed by atoms with van der Waals surface area (Å²) in [5.41, 5.74) is 1.26. The lowest BCUT2D eigenvalue weighted by Crippen LogP contribution is -2.12. The Morgan fingerprint density at radius 3 is 3.08 bits per heavy atom. The number of nitrogens with one attached hydrogen (secondary N) is 1. The molecule has 0 radical (unpaired) electrons. The Kier molecular flexibility index (Phi) is 2.07. The van der Waals surface area contributed by atoms with Crippen molar-refractivity contribution >= 4 is 0 Å². The Labute approximate surface area is 78.0 Å². The van der Waals surface area contributed by atoms with Crippen molar-refractivity contribution in [3.63, 3.8) is 0 Å². The van der Waals surface area contributed by atoms with Crippen LogP contribution in [0.15, 0.2) is 18.3 Å². The van der Waals surface area contributed by atoms with Gasteiger partial charge in [0.25, 0.3) is 0 Å². The molecule has 0 amide bonds. The second-order valence-corrected chi connectivity index (χ2v) is 3.54. The molecule has 0 saturated carbocycles. The topological polar surface area (TPSA) is 40.8 Å². The zero-order chi connectivity index (χ0) is 9.26. The monoisotopic (exact) mass is 175 g/mol. The molecule has 2 rings (SSSR count). The molecule has 1 aromatic rings.